The molecule has 0 aromatic heterocycles. The van der Waals surface area contributed by atoms with Crippen LogP contribution in [0.15, 0.2) is 97.1 Å². The summed E-state index contributed by atoms with van der Waals surface area (Å²) in [4.78, 5) is 46.1. The molecule has 0 N–H and O–H groups in total. The lowest BCUT2D eigenvalue weighted by Crippen LogP contribution is -2.48. The van der Waals surface area contributed by atoms with Crippen molar-refractivity contribution >= 4 is 29.1 Å². The topological polar surface area (TPSA) is 72.9 Å². The fraction of sp³-hybridized carbons (Fsp3) is 0.171. The van der Waals surface area contributed by atoms with Crippen molar-refractivity contribution in [2.24, 2.45) is 5.41 Å². The maximum absolute atomic E-state index is 14.7. The van der Waals surface area contributed by atoms with E-state index in [1.54, 1.807) is 42.5 Å². The first-order chi connectivity index (χ1) is 20.4. The Morgan fingerprint density at radius 3 is 2.17 bits per heavy atom. The summed E-state index contributed by atoms with van der Waals surface area (Å²) >= 11 is 0. The normalized spacial score (nSPS) is 21.2. The molecule has 1 fully saturated rings. The first-order valence-corrected chi connectivity index (χ1v) is 13.7. The number of halogens is 1. The van der Waals surface area contributed by atoms with Gasteiger partial charge in [-0.2, -0.15) is 0 Å². The molecular formula is C35H26FNO5. The summed E-state index contributed by atoms with van der Waals surface area (Å²) in [6, 6.07) is 23.2. The second-order valence-electron chi connectivity index (χ2n) is 10.7. The molecule has 1 saturated heterocycles. The van der Waals surface area contributed by atoms with E-state index in [0.717, 1.165) is 11.3 Å². The van der Waals surface area contributed by atoms with Gasteiger partial charge in [0.1, 0.15) is 28.8 Å². The van der Waals surface area contributed by atoms with Gasteiger partial charge in [0.15, 0.2) is 17.3 Å². The van der Waals surface area contributed by atoms with E-state index in [0.29, 0.717) is 28.2 Å². The monoisotopic (exact) mass is 559 g/mol. The Labute approximate surface area is 242 Å². The number of benzene rings is 4. The molecule has 7 rings (SSSR count). The Balaban J connectivity index is 1.57. The smallest absolute Gasteiger partial charge is 0.185 e. The Kier molecular flexibility index (Phi) is 5.87. The number of ether oxygens (including phenoxy) is 2. The van der Waals surface area contributed by atoms with E-state index >= 15 is 0 Å². The van der Waals surface area contributed by atoms with E-state index in [4.69, 9.17) is 9.47 Å². The number of carbonyl (C=O) groups excluding carboxylic acids is 3. The minimum atomic E-state index is -1.67. The number of Topliss-reactive ketones (excluding diaryl/α,β-unsaturated/α-hetero) is 3. The number of hydrogen-bond donors (Lipinski definition) is 0. The second-order valence-corrected chi connectivity index (χ2v) is 10.7. The van der Waals surface area contributed by atoms with Gasteiger partial charge in [0, 0.05) is 39.9 Å². The molecule has 6 nitrogen and oxygen atoms in total. The van der Waals surface area contributed by atoms with E-state index in [1.165, 1.54) is 38.5 Å². The van der Waals surface area contributed by atoms with Crippen LogP contribution in [-0.4, -0.2) is 43.7 Å². The number of para-hydroxylation sites is 1. The van der Waals surface area contributed by atoms with Crippen LogP contribution >= 0.6 is 0 Å². The number of carbonyl (C=O) groups is 3. The zero-order valence-electron chi connectivity index (χ0n) is 22.9. The fourth-order valence-electron chi connectivity index (χ4n) is 7.12. The van der Waals surface area contributed by atoms with Gasteiger partial charge in [0.2, 0.25) is 0 Å². The van der Waals surface area contributed by atoms with Crippen molar-refractivity contribution in [1.29, 1.82) is 0 Å². The highest BCUT2D eigenvalue weighted by Gasteiger charge is 2.72. The molecule has 0 unspecified atom stereocenters. The Hall–Kier alpha value is -5.04. The molecule has 2 heterocycles. The van der Waals surface area contributed by atoms with Crippen LogP contribution in [-0.2, 0) is 0 Å². The first-order valence-electron chi connectivity index (χ1n) is 13.7. The minimum Gasteiger partial charge on any atom is -0.497 e. The molecule has 0 bridgehead atoms. The van der Waals surface area contributed by atoms with Crippen LogP contribution in [0.3, 0.4) is 0 Å². The van der Waals surface area contributed by atoms with E-state index in [9.17, 15) is 18.8 Å². The molecule has 4 aromatic rings. The van der Waals surface area contributed by atoms with Crippen LogP contribution in [0.25, 0.3) is 6.08 Å². The molecule has 3 atom stereocenters. The lowest BCUT2D eigenvalue weighted by Gasteiger charge is -2.37. The van der Waals surface area contributed by atoms with Gasteiger partial charge in [-0.3, -0.25) is 14.4 Å². The molecule has 0 amide bonds. The maximum atomic E-state index is 14.7. The van der Waals surface area contributed by atoms with Gasteiger partial charge in [-0.15, -0.1) is 0 Å². The molecule has 1 aliphatic carbocycles. The number of ketones is 3. The third kappa shape index (κ3) is 3.40. The summed E-state index contributed by atoms with van der Waals surface area (Å²) in [5.74, 6) is -1.50. The summed E-state index contributed by atoms with van der Waals surface area (Å²) in [5, 5.41) is 0. The minimum absolute atomic E-state index is 0.275. The van der Waals surface area contributed by atoms with Gasteiger partial charge in [-0.25, -0.2) is 4.39 Å². The average molecular weight is 560 g/mol. The van der Waals surface area contributed by atoms with Crippen LogP contribution in [0.2, 0.25) is 0 Å². The Morgan fingerprint density at radius 2 is 1.50 bits per heavy atom. The van der Waals surface area contributed by atoms with Crippen molar-refractivity contribution in [3.8, 4) is 11.5 Å². The third-order valence-electron chi connectivity index (χ3n) is 8.89. The molecule has 0 radical (unpaired) electrons. The Bertz CT molecular complexity index is 1780. The predicted octanol–water partition coefficient (Wildman–Crippen LogP) is 6.16. The van der Waals surface area contributed by atoms with Gasteiger partial charge < -0.3 is 14.4 Å². The highest BCUT2D eigenvalue weighted by Crippen LogP contribution is 2.62. The molecule has 1 spiro atoms. The van der Waals surface area contributed by atoms with E-state index in [1.807, 2.05) is 41.3 Å². The number of hydrogen-bond acceptors (Lipinski definition) is 6. The molecule has 3 aliphatic rings. The van der Waals surface area contributed by atoms with Gasteiger partial charge in [0.05, 0.1) is 20.3 Å². The summed E-state index contributed by atoms with van der Waals surface area (Å²) in [7, 11) is 3.04. The van der Waals surface area contributed by atoms with E-state index in [2.05, 4.69) is 0 Å². The molecule has 208 valence electrons. The SMILES string of the molecule is COc1ccc([C@H]2[C@H](C(=O)c3ccc(F)cc3)N3c4ccccc4C=C[C@H]3C23C(=O)c2ccccc2C3=O)c(OC)c1. The van der Waals surface area contributed by atoms with E-state index in [-0.39, 0.29) is 22.9 Å². The summed E-state index contributed by atoms with van der Waals surface area (Å²) in [5.41, 5.74) is 1.40. The predicted molar refractivity (Wildman–Crippen MR) is 156 cm³/mol. The molecule has 42 heavy (non-hydrogen) atoms. The molecule has 7 heteroatoms. The molecule has 0 saturated carbocycles. The van der Waals surface area contributed by atoms with Crippen LogP contribution in [0.1, 0.15) is 48.1 Å². The highest BCUT2D eigenvalue weighted by atomic mass is 19.1. The van der Waals surface area contributed by atoms with Crippen molar-refractivity contribution in [1.82, 2.24) is 0 Å². The van der Waals surface area contributed by atoms with Crippen molar-refractivity contribution in [2.75, 3.05) is 19.1 Å². The molecule has 4 aromatic carbocycles. The second kappa shape index (κ2) is 9.52. The zero-order chi connectivity index (χ0) is 29.2. The number of nitrogens with zero attached hydrogens (tertiary/aromatic N) is 1. The van der Waals surface area contributed by atoms with Crippen LogP contribution < -0.4 is 14.4 Å². The standard InChI is InChI=1S/C35H26FNO5/c1-41-23-16-17-26(28(19-23)42-2)30-31(32(38)21-11-14-22(36)15-12-21)37-27-10-6-3-7-20(27)13-18-29(37)35(30)33(39)24-8-4-5-9-25(24)34(35)40/h3-19,29-31H,1-2H3/t29-,30-,31+/m0/s1. The van der Waals surface area contributed by atoms with Crippen LogP contribution in [0.5, 0.6) is 11.5 Å². The lowest BCUT2D eigenvalue weighted by molar-refractivity contribution is 0.0665. The first kappa shape index (κ1) is 25.9. The summed E-state index contributed by atoms with van der Waals surface area (Å²) < 4.78 is 25.2. The van der Waals surface area contributed by atoms with Gasteiger partial charge in [-0.05, 0) is 42.0 Å². The van der Waals surface area contributed by atoms with Crippen molar-refractivity contribution in [2.45, 2.75) is 18.0 Å². The maximum Gasteiger partial charge on any atom is 0.185 e. The molecule has 2 aliphatic heterocycles. The molecular weight excluding hydrogens is 533 g/mol. The average Bonchev–Trinajstić information content (AvgIpc) is 3.46. The third-order valence-corrected chi connectivity index (χ3v) is 8.89. The number of fused-ring (bicyclic) bond motifs is 5. The van der Waals surface area contributed by atoms with Gasteiger partial charge >= 0.3 is 0 Å². The van der Waals surface area contributed by atoms with Crippen molar-refractivity contribution in [3.63, 3.8) is 0 Å². The van der Waals surface area contributed by atoms with Crippen molar-refractivity contribution < 1.29 is 28.2 Å². The largest absolute Gasteiger partial charge is 0.497 e. The zero-order valence-corrected chi connectivity index (χ0v) is 22.9. The highest BCUT2D eigenvalue weighted by molar-refractivity contribution is 6.32. The van der Waals surface area contributed by atoms with Gasteiger partial charge in [-0.1, -0.05) is 60.7 Å². The van der Waals surface area contributed by atoms with Crippen LogP contribution in [0, 0.1) is 11.2 Å². The number of methoxy groups -OCH3 is 2. The summed E-state index contributed by atoms with van der Waals surface area (Å²) in [6.07, 6.45) is 3.78. The number of anilines is 1. The van der Waals surface area contributed by atoms with Gasteiger partial charge in [0.25, 0.3) is 0 Å². The Morgan fingerprint density at radius 1 is 0.833 bits per heavy atom. The number of rotatable bonds is 5. The van der Waals surface area contributed by atoms with Crippen molar-refractivity contribution in [3.05, 3.63) is 131 Å². The lowest BCUT2D eigenvalue weighted by atomic mass is 9.64. The van der Waals surface area contributed by atoms with Crippen LogP contribution in [0.4, 0.5) is 10.1 Å². The fourth-order valence-corrected chi connectivity index (χ4v) is 7.12. The quantitative estimate of drug-likeness (QED) is 0.216. The van der Waals surface area contributed by atoms with E-state index < -0.39 is 29.2 Å². The summed E-state index contributed by atoms with van der Waals surface area (Å²) in [6.45, 7) is 0.